The van der Waals surface area contributed by atoms with Crippen molar-refractivity contribution in [2.75, 3.05) is 0 Å². The number of carboxylic acid groups (broad SMARTS) is 1. The molecule has 0 amide bonds. The van der Waals surface area contributed by atoms with Crippen LogP contribution < -0.4 is 5.56 Å². The topological polar surface area (TPSA) is 102 Å². The van der Waals surface area contributed by atoms with Gasteiger partial charge in [-0.05, 0) is 18.2 Å². The minimum atomic E-state index is -1.21. The lowest BCUT2D eigenvalue weighted by atomic mass is 10.2. The van der Waals surface area contributed by atoms with Crippen molar-refractivity contribution in [1.82, 2.24) is 4.57 Å². The van der Waals surface area contributed by atoms with Gasteiger partial charge in [0, 0.05) is 18.3 Å². The third-order valence-electron chi connectivity index (χ3n) is 2.56. The summed E-state index contributed by atoms with van der Waals surface area (Å²) in [4.78, 5) is 32.7. The first-order chi connectivity index (χ1) is 9.40. The Labute approximate surface area is 116 Å². The minimum absolute atomic E-state index is 0.0683. The minimum Gasteiger partial charge on any atom is -0.478 e. The maximum absolute atomic E-state index is 11.7. The van der Waals surface area contributed by atoms with Crippen LogP contribution in [-0.2, 0) is 0 Å². The molecule has 0 radical (unpaired) electrons. The molecule has 0 atom stereocenters. The fourth-order valence-electron chi connectivity index (χ4n) is 1.61. The number of aromatic carboxylic acids is 1. The van der Waals surface area contributed by atoms with Crippen molar-refractivity contribution in [2.45, 2.75) is 0 Å². The summed E-state index contributed by atoms with van der Waals surface area (Å²) in [5.74, 6) is -1.21. The van der Waals surface area contributed by atoms with Crippen LogP contribution in [-0.4, -0.2) is 20.6 Å². The van der Waals surface area contributed by atoms with E-state index in [1.54, 1.807) is 0 Å². The molecule has 2 rings (SSSR count). The zero-order chi connectivity index (χ0) is 14.9. The highest BCUT2D eigenvalue weighted by Gasteiger charge is 2.14. The van der Waals surface area contributed by atoms with Gasteiger partial charge in [0.2, 0.25) is 0 Å². The molecular formula is C12H7ClN2O5. The van der Waals surface area contributed by atoms with Crippen LogP contribution in [0, 0.1) is 10.1 Å². The van der Waals surface area contributed by atoms with Gasteiger partial charge in [-0.25, -0.2) is 4.79 Å². The van der Waals surface area contributed by atoms with Gasteiger partial charge < -0.3 is 5.11 Å². The Kier molecular flexibility index (Phi) is 3.53. The van der Waals surface area contributed by atoms with Crippen LogP contribution in [0.2, 0.25) is 5.02 Å². The number of halogens is 1. The number of aromatic nitrogens is 1. The molecule has 8 heteroatoms. The number of nitro benzene ring substituents is 1. The first kappa shape index (κ1) is 13.8. The van der Waals surface area contributed by atoms with Gasteiger partial charge in [0.1, 0.15) is 5.02 Å². The molecule has 1 heterocycles. The van der Waals surface area contributed by atoms with Crippen molar-refractivity contribution < 1.29 is 14.8 Å². The highest BCUT2D eigenvalue weighted by Crippen LogP contribution is 2.26. The molecule has 1 aromatic heterocycles. The number of carboxylic acids is 1. The zero-order valence-corrected chi connectivity index (χ0v) is 10.6. The summed E-state index contributed by atoms with van der Waals surface area (Å²) in [5, 5.41) is 19.6. The number of hydrogen-bond acceptors (Lipinski definition) is 4. The van der Waals surface area contributed by atoms with Gasteiger partial charge in [-0.3, -0.25) is 19.5 Å². The predicted molar refractivity (Wildman–Crippen MR) is 70.7 cm³/mol. The number of nitrogens with zero attached hydrogens (tertiary/aromatic N) is 2. The molecule has 0 bridgehead atoms. The fourth-order valence-corrected chi connectivity index (χ4v) is 1.79. The molecule has 2 aromatic rings. The Morgan fingerprint density at radius 2 is 2.00 bits per heavy atom. The van der Waals surface area contributed by atoms with E-state index in [2.05, 4.69) is 0 Å². The molecule has 0 aliphatic rings. The number of rotatable bonds is 3. The van der Waals surface area contributed by atoms with Crippen molar-refractivity contribution in [2.24, 2.45) is 0 Å². The first-order valence-corrected chi connectivity index (χ1v) is 5.68. The van der Waals surface area contributed by atoms with Crippen LogP contribution in [0.25, 0.3) is 5.69 Å². The Morgan fingerprint density at radius 3 is 2.60 bits per heavy atom. The van der Waals surface area contributed by atoms with Crippen molar-refractivity contribution in [3.8, 4) is 5.69 Å². The lowest BCUT2D eigenvalue weighted by molar-refractivity contribution is -0.384. The molecule has 1 N–H and O–H groups in total. The van der Waals surface area contributed by atoms with E-state index in [-0.39, 0.29) is 22.0 Å². The van der Waals surface area contributed by atoms with Crippen LogP contribution in [0.4, 0.5) is 5.69 Å². The summed E-state index contributed by atoms with van der Waals surface area (Å²) in [6.07, 6.45) is 1.09. The molecule has 7 nitrogen and oxygen atoms in total. The quantitative estimate of drug-likeness (QED) is 0.689. The van der Waals surface area contributed by atoms with Crippen LogP contribution >= 0.6 is 11.6 Å². The highest BCUT2D eigenvalue weighted by molar-refractivity contribution is 6.32. The van der Waals surface area contributed by atoms with Crippen molar-refractivity contribution in [3.63, 3.8) is 0 Å². The van der Waals surface area contributed by atoms with Crippen LogP contribution in [0.1, 0.15) is 10.4 Å². The molecule has 1 aromatic carbocycles. The van der Waals surface area contributed by atoms with E-state index < -0.39 is 16.5 Å². The standard InChI is InChI=1S/C12H7ClN2O5/c13-9-3-2-8(5-10(9)15(19)20)14-6-7(12(17)18)1-4-11(14)16/h1-6H,(H,17,18). The maximum atomic E-state index is 11.7. The van der Waals surface area contributed by atoms with Crippen molar-refractivity contribution in [3.05, 3.63) is 67.6 Å². The van der Waals surface area contributed by atoms with Crippen molar-refractivity contribution >= 4 is 23.3 Å². The van der Waals surface area contributed by atoms with Crippen LogP contribution in [0.3, 0.4) is 0 Å². The average Bonchev–Trinajstić information content (AvgIpc) is 2.39. The number of carbonyl (C=O) groups is 1. The summed E-state index contributed by atoms with van der Waals surface area (Å²) in [6.45, 7) is 0. The van der Waals surface area contributed by atoms with E-state index in [0.717, 1.165) is 29.0 Å². The van der Waals surface area contributed by atoms with E-state index in [1.165, 1.54) is 12.1 Å². The number of hydrogen-bond donors (Lipinski definition) is 1. The van der Waals surface area contributed by atoms with E-state index in [1.807, 2.05) is 0 Å². The van der Waals surface area contributed by atoms with Crippen LogP contribution in [0.15, 0.2) is 41.3 Å². The number of benzene rings is 1. The summed E-state index contributed by atoms with van der Waals surface area (Å²) in [7, 11) is 0. The second kappa shape index (κ2) is 5.14. The first-order valence-electron chi connectivity index (χ1n) is 5.30. The van der Waals surface area contributed by atoms with Gasteiger partial charge in [0.05, 0.1) is 16.2 Å². The molecule has 0 unspecified atom stereocenters. The van der Waals surface area contributed by atoms with E-state index in [0.29, 0.717) is 0 Å². The van der Waals surface area contributed by atoms with Gasteiger partial charge in [-0.1, -0.05) is 11.6 Å². The molecule has 0 fully saturated rings. The molecule has 0 aliphatic heterocycles. The zero-order valence-electron chi connectivity index (χ0n) is 9.82. The lowest BCUT2D eigenvalue weighted by Crippen LogP contribution is -2.18. The summed E-state index contributed by atoms with van der Waals surface area (Å²) >= 11 is 5.68. The maximum Gasteiger partial charge on any atom is 0.337 e. The number of pyridine rings is 1. The van der Waals surface area contributed by atoms with E-state index in [4.69, 9.17) is 16.7 Å². The largest absolute Gasteiger partial charge is 0.478 e. The SMILES string of the molecule is O=C(O)c1ccc(=O)n(-c2ccc(Cl)c([N+](=O)[O-])c2)c1. The van der Waals surface area contributed by atoms with Gasteiger partial charge in [-0.15, -0.1) is 0 Å². The monoisotopic (exact) mass is 294 g/mol. The average molecular weight is 295 g/mol. The summed E-state index contributed by atoms with van der Waals surface area (Å²) in [5.41, 5.74) is -0.820. The summed E-state index contributed by atoms with van der Waals surface area (Å²) in [6, 6.07) is 6.00. The highest BCUT2D eigenvalue weighted by atomic mass is 35.5. The molecule has 0 saturated carbocycles. The Hall–Kier alpha value is -2.67. The molecule has 20 heavy (non-hydrogen) atoms. The smallest absolute Gasteiger partial charge is 0.337 e. The second-order valence-electron chi connectivity index (χ2n) is 3.82. The van der Waals surface area contributed by atoms with Gasteiger partial charge in [-0.2, -0.15) is 0 Å². The second-order valence-corrected chi connectivity index (χ2v) is 4.23. The third-order valence-corrected chi connectivity index (χ3v) is 2.88. The Balaban J connectivity index is 2.65. The molecular weight excluding hydrogens is 288 g/mol. The van der Waals surface area contributed by atoms with Gasteiger partial charge in [0.25, 0.3) is 11.2 Å². The Bertz CT molecular complexity index is 769. The summed E-state index contributed by atoms with van der Waals surface area (Å²) < 4.78 is 1.01. The number of nitro groups is 1. The molecule has 0 aliphatic carbocycles. The van der Waals surface area contributed by atoms with Crippen LogP contribution in [0.5, 0.6) is 0 Å². The van der Waals surface area contributed by atoms with Gasteiger partial charge in [0.15, 0.2) is 0 Å². The molecule has 0 saturated heterocycles. The lowest BCUT2D eigenvalue weighted by Gasteiger charge is -2.07. The third kappa shape index (κ3) is 2.52. The normalized spacial score (nSPS) is 10.2. The van der Waals surface area contributed by atoms with E-state index in [9.17, 15) is 19.7 Å². The predicted octanol–water partition coefficient (Wildman–Crippen LogP) is 2.10. The molecule has 102 valence electrons. The van der Waals surface area contributed by atoms with Crippen molar-refractivity contribution in [1.29, 1.82) is 0 Å². The Morgan fingerprint density at radius 1 is 1.30 bits per heavy atom. The fraction of sp³-hybridized carbons (Fsp3) is 0. The van der Waals surface area contributed by atoms with E-state index >= 15 is 0 Å². The molecule has 0 spiro atoms. The van der Waals surface area contributed by atoms with Gasteiger partial charge >= 0.3 is 5.97 Å².